The van der Waals surface area contributed by atoms with Gasteiger partial charge in [-0.2, -0.15) is 0 Å². The standard InChI is InChI=1S/C18H16Cl2N2O2/c19-13-6-7-16(20)15(9-13)18(24)21-10-11-2-1-3-14(8-11)22-17(23)12-4-5-12/h1-3,6-9,12H,4-5,10H2,(H,21,24)(H,22,23). The maximum Gasteiger partial charge on any atom is 0.253 e. The van der Waals surface area contributed by atoms with Crippen LogP contribution in [0.5, 0.6) is 0 Å². The Bertz CT molecular complexity index is 788. The first-order valence-corrected chi connectivity index (χ1v) is 8.41. The van der Waals surface area contributed by atoms with Gasteiger partial charge in [0.05, 0.1) is 10.6 Å². The second kappa shape index (κ2) is 7.24. The number of hydrogen-bond donors (Lipinski definition) is 2. The number of carbonyl (C=O) groups excluding carboxylic acids is 2. The van der Waals surface area contributed by atoms with Crippen LogP contribution in [0, 0.1) is 5.92 Å². The van der Waals surface area contributed by atoms with E-state index in [4.69, 9.17) is 23.2 Å². The maximum absolute atomic E-state index is 12.2. The third-order valence-electron chi connectivity index (χ3n) is 3.77. The van der Waals surface area contributed by atoms with Gasteiger partial charge in [-0.1, -0.05) is 35.3 Å². The van der Waals surface area contributed by atoms with Crippen LogP contribution in [0.2, 0.25) is 10.0 Å². The van der Waals surface area contributed by atoms with Crippen LogP contribution in [0.1, 0.15) is 28.8 Å². The average molecular weight is 363 g/mol. The molecule has 0 aromatic heterocycles. The molecule has 24 heavy (non-hydrogen) atoms. The molecule has 4 nitrogen and oxygen atoms in total. The molecule has 1 aliphatic rings. The summed E-state index contributed by atoms with van der Waals surface area (Å²) in [6, 6.07) is 12.2. The van der Waals surface area contributed by atoms with Crippen LogP contribution >= 0.6 is 23.2 Å². The molecule has 2 amide bonds. The van der Waals surface area contributed by atoms with Crippen molar-refractivity contribution >= 4 is 40.7 Å². The molecule has 124 valence electrons. The van der Waals surface area contributed by atoms with E-state index in [9.17, 15) is 9.59 Å². The van der Waals surface area contributed by atoms with Crippen LogP contribution in [-0.4, -0.2) is 11.8 Å². The number of rotatable bonds is 5. The van der Waals surface area contributed by atoms with Crippen molar-refractivity contribution in [3.8, 4) is 0 Å². The van der Waals surface area contributed by atoms with Gasteiger partial charge < -0.3 is 10.6 Å². The highest BCUT2D eigenvalue weighted by Crippen LogP contribution is 2.30. The normalized spacial score (nSPS) is 13.4. The zero-order valence-electron chi connectivity index (χ0n) is 12.8. The summed E-state index contributed by atoms with van der Waals surface area (Å²) in [5, 5.41) is 6.50. The van der Waals surface area contributed by atoms with Crippen molar-refractivity contribution in [1.29, 1.82) is 0 Å². The van der Waals surface area contributed by atoms with E-state index in [2.05, 4.69) is 10.6 Å². The van der Waals surface area contributed by atoms with Crippen LogP contribution < -0.4 is 10.6 Å². The Morgan fingerprint density at radius 3 is 2.62 bits per heavy atom. The molecule has 3 rings (SSSR count). The first kappa shape index (κ1) is 16.8. The van der Waals surface area contributed by atoms with E-state index in [1.165, 1.54) is 6.07 Å². The van der Waals surface area contributed by atoms with E-state index in [1.807, 2.05) is 24.3 Å². The molecule has 0 heterocycles. The molecule has 2 aromatic rings. The molecule has 0 unspecified atom stereocenters. The predicted molar refractivity (Wildman–Crippen MR) is 95.4 cm³/mol. The lowest BCUT2D eigenvalue weighted by Crippen LogP contribution is -2.23. The average Bonchev–Trinajstić information content (AvgIpc) is 3.40. The number of anilines is 1. The summed E-state index contributed by atoms with van der Waals surface area (Å²) in [4.78, 5) is 24.0. The SMILES string of the molecule is O=C(NCc1cccc(NC(=O)C2CC2)c1)c1cc(Cl)ccc1Cl. The fourth-order valence-electron chi connectivity index (χ4n) is 2.30. The smallest absolute Gasteiger partial charge is 0.253 e. The molecule has 0 aliphatic heterocycles. The van der Waals surface area contributed by atoms with Crippen LogP contribution in [0.4, 0.5) is 5.69 Å². The zero-order chi connectivity index (χ0) is 17.1. The van der Waals surface area contributed by atoms with E-state index < -0.39 is 0 Å². The van der Waals surface area contributed by atoms with E-state index in [0.717, 1.165) is 24.1 Å². The Labute approximate surface area is 150 Å². The van der Waals surface area contributed by atoms with Gasteiger partial charge in [0.15, 0.2) is 0 Å². The molecule has 2 aromatic carbocycles. The third kappa shape index (κ3) is 4.28. The van der Waals surface area contributed by atoms with E-state index in [0.29, 0.717) is 22.2 Å². The van der Waals surface area contributed by atoms with Crippen LogP contribution in [0.3, 0.4) is 0 Å². The van der Waals surface area contributed by atoms with Gasteiger partial charge in [-0.3, -0.25) is 9.59 Å². The fourth-order valence-corrected chi connectivity index (χ4v) is 2.67. The van der Waals surface area contributed by atoms with Gasteiger partial charge in [-0.25, -0.2) is 0 Å². The molecule has 0 radical (unpaired) electrons. The van der Waals surface area contributed by atoms with Gasteiger partial charge in [0.25, 0.3) is 5.91 Å². The monoisotopic (exact) mass is 362 g/mol. The van der Waals surface area contributed by atoms with Crippen molar-refractivity contribution in [2.45, 2.75) is 19.4 Å². The molecular weight excluding hydrogens is 347 g/mol. The number of halogens is 2. The van der Waals surface area contributed by atoms with Gasteiger partial charge in [0, 0.05) is 23.2 Å². The van der Waals surface area contributed by atoms with Gasteiger partial charge in [0.2, 0.25) is 5.91 Å². The van der Waals surface area contributed by atoms with Gasteiger partial charge in [-0.15, -0.1) is 0 Å². The van der Waals surface area contributed by atoms with Crippen molar-refractivity contribution in [1.82, 2.24) is 5.32 Å². The summed E-state index contributed by atoms with van der Waals surface area (Å²) in [6.45, 7) is 0.328. The predicted octanol–water partition coefficient (Wildman–Crippen LogP) is 4.27. The molecule has 0 bridgehead atoms. The fraction of sp³-hybridized carbons (Fsp3) is 0.222. The molecule has 6 heteroatoms. The van der Waals surface area contributed by atoms with Crippen molar-refractivity contribution in [2.75, 3.05) is 5.32 Å². The van der Waals surface area contributed by atoms with Crippen LogP contribution in [0.15, 0.2) is 42.5 Å². The van der Waals surface area contributed by atoms with Gasteiger partial charge >= 0.3 is 0 Å². The lowest BCUT2D eigenvalue weighted by molar-refractivity contribution is -0.117. The molecule has 0 spiro atoms. The highest BCUT2D eigenvalue weighted by atomic mass is 35.5. The van der Waals surface area contributed by atoms with Crippen molar-refractivity contribution < 1.29 is 9.59 Å². The molecule has 1 saturated carbocycles. The zero-order valence-corrected chi connectivity index (χ0v) is 14.3. The van der Waals surface area contributed by atoms with Crippen molar-refractivity contribution in [2.24, 2.45) is 5.92 Å². The van der Waals surface area contributed by atoms with Crippen LogP contribution in [-0.2, 0) is 11.3 Å². The minimum Gasteiger partial charge on any atom is -0.348 e. The number of hydrogen-bond acceptors (Lipinski definition) is 2. The minimum absolute atomic E-state index is 0.0573. The summed E-state index contributed by atoms with van der Waals surface area (Å²) >= 11 is 11.9. The third-order valence-corrected chi connectivity index (χ3v) is 4.33. The number of benzene rings is 2. The lowest BCUT2D eigenvalue weighted by Gasteiger charge is -2.09. The van der Waals surface area contributed by atoms with Gasteiger partial charge in [0.1, 0.15) is 0 Å². The molecule has 0 saturated heterocycles. The summed E-state index contributed by atoms with van der Waals surface area (Å²) in [7, 11) is 0. The Hall–Kier alpha value is -2.04. The van der Waals surface area contributed by atoms with Crippen LogP contribution in [0.25, 0.3) is 0 Å². The molecule has 2 N–H and O–H groups in total. The number of amides is 2. The number of nitrogens with one attached hydrogen (secondary N) is 2. The first-order chi connectivity index (χ1) is 11.5. The lowest BCUT2D eigenvalue weighted by atomic mass is 10.1. The Morgan fingerprint density at radius 2 is 1.88 bits per heavy atom. The van der Waals surface area contributed by atoms with Crippen molar-refractivity contribution in [3.05, 3.63) is 63.6 Å². The maximum atomic E-state index is 12.2. The Morgan fingerprint density at radius 1 is 1.08 bits per heavy atom. The Balaban J connectivity index is 1.62. The topological polar surface area (TPSA) is 58.2 Å². The number of carbonyl (C=O) groups is 2. The molecule has 0 atom stereocenters. The summed E-state index contributed by atoms with van der Waals surface area (Å²) in [5.74, 6) is -0.0878. The first-order valence-electron chi connectivity index (χ1n) is 7.66. The van der Waals surface area contributed by atoms with Gasteiger partial charge in [-0.05, 0) is 48.7 Å². The molecule has 1 fully saturated rings. The molecular formula is C18H16Cl2N2O2. The largest absolute Gasteiger partial charge is 0.348 e. The quantitative estimate of drug-likeness (QED) is 0.834. The molecule has 1 aliphatic carbocycles. The summed E-state index contributed by atoms with van der Waals surface area (Å²) in [6.07, 6.45) is 1.92. The van der Waals surface area contributed by atoms with E-state index >= 15 is 0 Å². The van der Waals surface area contributed by atoms with E-state index in [-0.39, 0.29) is 17.7 Å². The van der Waals surface area contributed by atoms with Crippen molar-refractivity contribution in [3.63, 3.8) is 0 Å². The minimum atomic E-state index is -0.296. The second-order valence-corrected chi connectivity index (χ2v) is 6.61. The Kier molecular flexibility index (Phi) is 5.07. The highest BCUT2D eigenvalue weighted by Gasteiger charge is 2.29. The second-order valence-electron chi connectivity index (χ2n) is 5.77. The highest BCUT2D eigenvalue weighted by molar-refractivity contribution is 6.35. The van der Waals surface area contributed by atoms with E-state index in [1.54, 1.807) is 12.1 Å². The summed E-state index contributed by atoms with van der Waals surface area (Å²) < 4.78 is 0. The summed E-state index contributed by atoms with van der Waals surface area (Å²) in [5.41, 5.74) is 1.96.